The lowest BCUT2D eigenvalue weighted by molar-refractivity contribution is -0.141. The SMILES string of the molecule is Cc1ccc(C2C(C(=O)c3ccc(Br)cc3)C(=O)C(=O)N2CCOCCO)cc1. The first-order chi connectivity index (χ1) is 13.9. The fourth-order valence-electron chi connectivity index (χ4n) is 3.49. The molecule has 0 radical (unpaired) electrons. The second-order valence-electron chi connectivity index (χ2n) is 6.90. The first-order valence-corrected chi connectivity index (χ1v) is 10.1. The van der Waals surface area contributed by atoms with Gasteiger partial charge in [-0.15, -0.1) is 0 Å². The number of amides is 1. The van der Waals surface area contributed by atoms with Crippen molar-refractivity contribution in [2.45, 2.75) is 13.0 Å². The minimum Gasteiger partial charge on any atom is -0.394 e. The highest BCUT2D eigenvalue weighted by Gasteiger charge is 2.51. The summed E-state index contributed by atoms with van der Waals surface area (Å²) < 4.78 is 6.10. The molecule has 2 unspecified atom stereocenters. The number of halogens is 1. The van der Waals surface area contributed by atoms with Crippen LogP contribution in [-0.2, 0) is 14.3 Å². The monoisotopic (exact) mass is 459 g/mol. The molecule has 1 fully saturated rings. The molecule has 29 heavy (non-hydrogen) atoms. The highest BCUT2D eigenvalue weighted by atomic mass is 79.9. The zero-order chi connectivity index (χ0) is 21.0. The predicted molar refractivity (Wildman–Crippen MR) is 111 cm³/mol. The van der Waals surface area contributed by atoms with Gasteiger partial charge >= 0.3 is 0 Å². The van der Waals surface area contributed by atoms with E-state index in [1.807, 2.05) is 31.2 Å². The van der Waals surface area contributed by atoms with E-state index in [-0.39, 0.29) is 32.1 Å². The van der Waals surface area contributed by atoms with Gasteiger partial charge < -0.3 is 14.7 Å². The third-order valence-corrected chi connectivity index (χ3v) is 5.48. The molecular formula is C22H22BrNO5. The first-order valence-electron chi connectivity index (χ1n) is 9.34. The van der Waals surface area contributed by atoms with E-state index in [1.165, 1.54) is 4.90 Å². The van der Waals surface area contributed by atoms with Crippen LogP contribution in [0.15, 0.2) is 53.0 Å². The molecule has 0 bridgehead atoms. The summed E-state index contributed by atoms with van der Waals surface area (Å²) in [6.45, 7) is 2.29. The summed E-state index contributed by atoms with van der Waals surface area (Å²) in [6, 6.07) is 13.5. The Labute approximate surface area is 177 Å². The van der Waals surface area contributed by atoms with Gasteiger partial charge in [-0.1, -0.05) is 57.9 Å². The molecule has 1 aliphatic rings. The summed E-state index contributed by atoms with van der Waals surface area (Å²) >= 11 is 3.33. The molecule has 1 aliphatic heterocycles. The Kier molecular flexibility index (Phi) is 6.95. The van der Waals surface area contributed by atoms with Crippen molar-refractivity contribution in [3.05, 3.63) is 69.7 Å². The number of aryl methyl sites for hydroxylation is 1. The lowest BCUT2D eigenvalue weighted by Crippen LogP contribution is -2.33. The molecule has 0 aromatic heterocycles. The molecule has 2 atom stereocenters. The van der Waals surface area contributed by atoms with Crippen LogP contribution in [0.4, 0.5) is 0 Å². The Balaban J connectivity index is 1.96. The minimum absolute atomic E-state index is 0.126. The lowest BCUT2D eigenvalue weighted by atomic mass is 9.86. The molecule has 3 rings (SSSR count). The number of hydrogen-bond donors (Lipinski definition) is 1. The van der Waals surface area contributed by atoms with E-state index < -0.39 is 23.7 Å². The average molecular weight is 460 g/mol. The lowest BCUT2D eigenvalue weighted by Gasteiger charge is -2.27. The molecule has 152 valence electrons. The molecule has 6 nitrogen and oxygen atoms in total. The Morgan fingerprint density at radius 2 is 1.72 bits per heavy atom. The molecule has 0 spiro atoms. The largest absolute Gasteiger partial charge is 0.394 e. The van der Waals surface area contributed by atoms with Gasteiger partial charge in [-0.2, -0.15) is 0 Å². The van der Waals surface area contributed by atoms with Gasteiger partial charge in [-0.3, -0.25) is 14.4 Å². The zero-order valence-corrected chi connectivity index (χ0v) is 17.6. The van der Waals surface area contributed by atoms with Crippen LogP contribution in [0.5, 0.6) is 0 Å². The number of likely N-dealkylation sites (tertiary alicyclic amines) is 1. The molecule has 2 aromatic carbocycles. The van der Waals surface area contributed by atoms with Crippen LogP contribution in [-0.4, -0.2) is 53.8 Å². The number of aliphatic hydroxyl groups is 1. The molecule has 1 amide bonds. The van der Waals surface area contributed by atoms with Crippen molar-refractivity contribution < 1.29 is 24.2 Å². The highest BCUT2D eigenvalue weighted by molar-refractivity contribution is 9.10. The van der Waals surface area contributed by atoms with E-state index in [1.54, 1.807) is 24.3 Å². The summed E-state index contributed by atoms with van der Waals surface area (Å²) in [6.07, 6.45) is 0. The molecule has 1 saturated heterocycles. The van der Waals surface area contributed by atoms with Gasteiger partial charge in [0, 0.05) is 16.6 Å². The number of rotatable bonds is 8. The van der Waals surface area contributed by atoms with Crippen LogP contribution < -0.4 is 0 Å². The molecular weight excluding hydrogens is 438 g/mol. The number of carbonyl (C=O) groups is 3. The van der Waals surface area contributed by atoms with Crippen LogP contribution in [0.2, 0.25) is 0 Å². The third kappa shape index (κ3) is 4.63. The molecule has 0 aliphatic carbocycles. The number of ether oxygens (including phenoxy) is 1. The van der Waals surface area contributed by atoms with Gasteiger partial charge in [0.2, 0.25) is 5.78 Å². The summed E-state index contributed by atoms with van der Waals surface area (Å²) in [5.41, 5.74) is 2.15. The Morgan fingerprint density at radius 3 is 2.34 bits per heavy atom. The Bertz CT molecular complexity index is 894. The summed E-state index contributed by atoms with van der Waals surface area (Å²) in [5, 5.41) is 8.86. The van der Waals surface area contributed by atoms with Gasteiger partial charge in [-0.25, -0.2) is 0 Å². The molecule has 7 heteroatoms. The maximum absolute atomic E-state index is 13.2. The van der Waals surface area contributed by atoms with Crippen molar-refractivity contribution in [3.8, 4) is 0 Å². The zero-order valence-electron chi connectivity index (χ0n) is 16.0. The first kappa shape index (κ1) is 21.4. The van der Waals surface area contributed by atoms with Crippen molar-refractivity contribution in [3.63, 3.8) is 0 Å². The average Bonchev–Trinajstić information content (AvgIpc) is 2.96. The van der Waals surface area contributed by atoms with Crippen LogP contribution >= 0.6 is 15.9 Å². The third-order valence-electron chi connectivity index (χ3n) is 4.95. The van der Waals surface area contributed by atoms with E-state index in [0.717, 1.165) is 15.6 Å². The van der Waals surface area contributed by atoms with Gasteiger partial charge in [0.25, 0.3) is 5.91 Å². The van der Waals surface area contributed by atoms with Crippen molar-refractivity contribution in [2.24, 2.45) is 5.92 Å². The van der Waals surface area contributed by atoms with Gasteiger partial charge in [-0.05, 0) is 24.6 Å². The normalized spacial score (nSPS) is 19.1. The van der Waals surface area contributed by atoms with Crippen LogP contribution in [0.3, 0.4) is 0 Å². The number of nitrogens with zero attached hydrogens (tertiary/aromatic N) is 1. The van der Waals surface area contributed by atoms with Crippen molar-refractivity contribution in [2.75, 3.05) is 26.4 Å². The van der Waals surface area contributed by atoms with E-state index in [9.17, 15) is 14.4 Å². The maximum Gasteiger partial charge on any atom is 0.291 e. The Morgan fingerprint density at radius 1 is 1.07 bits per heavy atom. The number of carbonyl (C=O) groups excluding carboxylic acids is 3. The second-order valence-corrected chi connectivity index (χ2v) is 7.82. The molecule has 1 heterocycles. The standard InChI is InChI=1S/C22H22BrNO5/c1-14-2-4-15(5-3-14)19-18(20(26)16-6-8-17(23)9-7-16)21(27)22(28)24(19)10-12-29-13-11-25/h2-9,18-19,25H,10-13H2,1H3. The molecule has 0 saturated carbocycles. The number of hydrogen-bond acceptors (Lipinski definition) is 5. The van der Waals surface area contributed by atoms with Crippen LogP contribution in [0, 0.1) is 12.8 Å². The maximum atomic E-state index is 13.2. The van der Waals surface area contributed by atoms with Crippen LogP contribution in [0.25, 0.3) is 0 Å². The fourth-order valence-corrected chi connectivity index (χ4v) is 3.75. The predicted octanol–water partition coefficient (Wildman–Crippen LogP) is 2.72. The minimum atomic E-state index is -1.11. The summed E-state index contributed by atoms with van der Waals surface area (Å²) in [7, 11) is 0. The van der Waals surface area contributed by atoms with E-state index in [2.05, 4.69) is 15.9 Å². The Hall–Kier alpha value is -2.35. The van der Waals surface area contributed by atoms with Gasteiger partial charge in [0.1, 0.15) is 5.92 Å². The molecule has 1 N–H and O–H groups in total. The fraction of sp³-hybridized carbons (Fsp3) is 0.318. The van der Waals surface area contributed by atoms with Gasteiger partial charge in [0.05, 0.1) is 25.9 Å². The van der Waals surface area contributed by atoms with Crippen molar-refractivity contribution in [1.82, 2.24) is 4.90 Å². The summed E-state index contributed by atoms with van der Waals surface area (Å²) in [5.74, 6) is -2.87. The topological polar surface area (TPSA) is 83.9 Å². The van der Waals surface area contributed by atoms with Gasteiger partial charge in [0.15, 0.2) is 5.78 Å². The number of Topliss-reactive ketones (excluding diaryl/α,β-unsaturated/α-hetero) is 2. The van der Waals surface area contributed by atoms with E-state index >= 15 is 0 Å². The number of benzene rings is 2. The van der Waals surface area contributed by atoms with Crippen LogP contribution in [0.1, 0.15) is 27.5 Å². The van der Waals surface area contributed by atoms with Crippen molar-refractivity contribution >= 4 is 33.4 Å². The summed E-state index contributed by atoms with van der Waals surface area (Å²) in [4.78, 5) is 40.2. The van der Waals surface area contributed by atoms with E-state index in [4.69, 9.17) is 9.84 Å². The highest BCUT2D eigenvalue weighted by Crippen LogP contribution is 2.38. The number of aliphatic hydroxyl groups excluding tert-OH is 1. The quantitative estimate of drug-likeness (QED) is 0.284. The van der Waals surface area contributed by atoms with Crippen molar-refractivity contribution in [1.29, 1.82) is 0 Å². The number of ketones is 2. The smallest absolute Gasteiger partial charge is 0.291 e. The molecule has 2 aromatic rings. The van der Waals surface area contributed by atoms with E-state index in [0.29, 0.717) is 5.56 Å². The second kappa shape index (κ2) is 9.43.